The molecule has 4 atom stereocenters. The molecule has 0 N–H and O–H groups in total. The summed E-state index contributed by atoms with van der Waals surface area (Å²) in [5.74, 6) is 6.76. The maximum absolute atomic E-state index is 5.66. The molecular weight excluding hydrogens is 364 g/mol. The SMILES string of the molecule is C=CCCC1CCC(C2CCC3CC(c4ccc(OCC=C)cc4)CCC3C2)CC1. The second kappa shape index (κ2) is 10.7. The summed E-state index contributed by atoms with van der Waals surface area (Å²) in [7, 11) is 0. The zero-order chi connectivity index (χ0) is 20.8. The minimum Gasteiger partial charge on any atom is -0.490 e. The molecular formula is C29H42O. The van der Waals surface area contributed by atoms with Gasteiger partial charge in [-0.1, -0.05) is 43.7 Å². The number of fused-ring (bicyclic) bond motifs is 1. The normalized spacial score (nSPS) is 34.0. The maximum Gasteiger partial charge on any atom is 0.119 e. The molecule has 3 aliphatic carbocycles. The zero-order valence-electron chi connectivity index (χ0n) is 18.9. The third kappa shape index (κ3) is 5.40. The van der Waals surface area contributed by atoms with Gasteiger partial charge in [-0.2, -0.15) is 0 Å². The molecule has 0 aliphatic heterocycles. The van der Waals surface area contributed by atoms with Crippen LogP contribution < -0.4 is 4.74 Å². The van der Waals surface area contributed by atoms with Crippen LogP contribution in [-0.4, -0.2) is 6.61 Å². The summed E-state index contributed by atoms with van der Waals surface area (Å²) in [6, 6.07) is 8.90. The Hall–Kier alpha value is -1.50. The summed E-state index contributed by atoms with van der Waals surface area (Å²) >= 11 is 0. The highest BCUT2D eigenvalue weighted by molar-refractivity contribution is 5.30. The van der Waals surface area contributed by atoms with Crippen molar-refractivity contribution in [2.45, 2.75) is 83.0 Å². The van der Waals surface area contributed by atoms with E-state index in [4.69, 9.17) is 4.74 Å². The van der Waals surface area contributed by atoms with E-state index in [1.165, 1.54) is 82.6 Å². The summed E-state index contributed by atoms with van der Waals surface area (Å²) in [6.45, 7) is 8.22. The van der Waals surface area contributed by atoms with Crippen LogP contribution in [0.3, 0.4) is 0 Å². The molecule has 3 aliphatic rings. The minimum absolute atomic E-state index is 0.587. The van der Waals surface area contributed by atoms with Gasteiger partial charge in [0.05, 0.1) is 0 Å². The summed E-state index contributed by atoms with van der Waals surface area (Å²) in [5, 5.41) is 0. The minimum atomic E-state index is 0.587. The van der Waals surface area contributed by atoms with Crippen molar-refractivity contribution in [1.29, 1.82) is 0 Å². The Morgan fingerprint density at radius 2 is 1.37 bits per heavy atom. The first kappa shape index (κ1) is 21.7. The smallest absolute Gasteiger partial charge is 0.119 e. The average Bonchev–Trinajstić information content (AvgIpc) is 2.81. The van der Waals surface area contributed by atoms with Gasteiger partial charge < -0.3 is 4.74 Å². The van der Waals surface area contributed by atoms with Crippen LogP contribution in [0, 0.1) is 29.6 Å². The van der Waals surface area contributed by atoms with E-state index in [9.17, 15) is 0 Å². The largest absolute Gasteiger partial charge is 0.490 e. The molecule has 3 saturated carbocycles. The molecule has 0 saturated heterocycles. The Morgan fingerprint density at radius 1 is 0.733 bits per heavy atom. The van der Waals surface area contributed by atoms with Crippen LogP contribution in [0.25, 0.3) is 0 Å². The van der Waals surface area contributed by atoms with Crippen LogP contribution >= 0.6 is 0 Å². The summed E-state index contributed by atoms with van der Waals surface area (Å²) < 4.78 is 5.66. The molecule has 30 heavy (non-hydrogen) atoms. The molecule has 1 nitrogen and oxygen atoms in total. The highest BCUT2D eigenvalue weighted by atomic mass is 16.5. The highest BCUT2D eigenvalue weighted by Gasteiger charge is 2.39. The average molecular weight is 407 g/mol. The van der Waals surface area contributed by atoms with Crippen molar-refractivity contribution >= 4 is 0 Å². The lowest BCUT2D eigenvalue weighted by Crippen LogP contribution is -2.34. The topological polar surface area (TPSA) is 9.23 Å². The lowest BCUT2D eigenvalue weighted by atomic mass is 9.60. The predicted octanol–water partition coefficient (Wildman–Crippen LogP) is 8.32. The maximum atomic E-state index is 5.66. The number of ether oxygens (including phenoxy) is 1. The highest BCUT2D eigenvalue weighted by Crippen LogP contribution is 2.51. The third-order valence-corrected chi connectivity index (χ3v) is 8.71. The lowest BCUT2D eigenvalue weighted by molar-refractivity contribution is 0.0713. The molecule has 4 rings (SSSR count). The van der Waals surface area contributed by atoms with Crippen LogP contribution in [0.1, 0.15) is 88.5 Å². The van der Waals surface area contributed by atoms with Gasteiger partial charge in [0.1, 0.15) is 12.4 Å². The molecule has 1 aromatic rings. The molecule has 1 heteroatoms. The second-order valence-electron chi connectivity index (χ2n) is 10.4. The van der Waals surface area contributed by atoms with Crippen LogP contribution in [0.4, 0.5) is 0 Å². The fraction of sp³-hybridized carbons (Fsp3) is 0.655. The molecule has 0 spiro atoms. The molecule has 0 radical (unpaired) electrons. The predicted molar refractivity (Wildman–Crippen MR) is 128 cm³/mol. The molecule has 1 aromatic carbocycles. The van der Waals surface area contributed by atoms with Gasteiger partial charge in [-0.25, -0.2) is 0 Å². The fourth-order valence-electron chi connectivity index (χ4n) is 6.95. The van der Waals surface area contributed by atoms with E-state index >= 15 is 0 Å². The third-order valence-electron chi connectivity index (χ3n) is 8.71. The fourth-order valence-corrected chi connectivity index (χ4v) is 6.95. The van der Waals surface area contributed by atoms with Crippen molar-refractivity contribution in [3.63, 3.8) is 0 Å². The molecule has 0 heterocycles. The van der Waals surface area contributed by atoms with Gasteiger partial charge in [-0.15, -0.1) is 6.58 Å². The van der Waals surface area contributed by atoms with Crippen molar-refractivity contribution in [1.82, 2.24) is 0 Å². The van der Waals surface area contributed by atoms with E-state index in [2.05, 4.69) is 43.5 Å². The lowest BCUT2D eigenvalue weighted by Gasteiger charge is -2.45. The summed E-state index contributed by atoms with van der Waals surface area (Å²) in [6.07, 6.45) is 21.3. The van der Waals surface area contributed by atoms with Gasteiger partial charge in [0.25, 0.3) is 0 Å². The quantitative estimate of drug-likeness (QED) is 0.394. The molecule has 0 amide bonds. The monoisotopic (exact) mass is 406 g/mol. The van der Waals surface area contributed by atoms with E-state index < -0.39 is 0 Å². The number of allylic oxidation sites excluding steroid dienone is 1. The zero-order valence-corrected chi connectivity index (χ0v) is 18.9. The van der Waals surface area contributed by atoms with Gasteiger partial charge in [-0.05, 0) is 117 Å². The molecule has 4 unspecified atom stereocenters. The van der Waals surface area contributed by atoms with Gasteiger partial charge in [0.15, 0.2) is 0 Å². The Labute approximate surface area is 185 Å². The van der Waals surface area contributed by atoms with Gasteiger partial charge in [0, 0.05) is 0 Å². The van der Waals surface area contributed by atoms with E-state index in [0.717, 1.165) is 41.3 Å². The Bertz CT molecular complexity index is 666. The first-order chi connectivity index (χ1) is 14.8. The number of hydrogen-bond donors (Lipinski definition) is 0. The van der Waals surface area contributed by atoms with E-state index in [0.29, 0.717) is 6.61 Å². The van der Waals surface area contributed by atoms with E-state index in [-0.39, 0.29) is 0 Å². The summed E-state index contributed by atoms with van der Waals surface area (Å²) in [4.78, 5) is 0. The molecule has 3 fully saturated rings. The number of hydrogen-bond acceptors (Lipinski definition) is 1. The standard InChI is InChI=1S/C29H42O/c1-3-5-6-22-7-9-23(10-8-22)25-11-13-28-21-26(12-14-27(28)20-25)24-15-17-29(18-16-24)30-19-4-2/h3-4,15-18,22-23,25-28H,1-2,5-14,19-21H2. The Balaban J connectivity index is 1.25. The van der Waals surface area contributed by atoms with Crippen molar-refractivity contribution < 1.29 is 4.74 Å². The van der Waals surface area contributed by atoms with Crippen LogP contribution in [-0.2, 0) is 0 Å². The van der Waals surface area contributed by atoms with Crippen LogP contribution in [0.15, 0.2) is 49.6 Å². The molecule has 164 valence electrons. The van der Waals surface area contributed by atoms with E-state index in [1.54, 1.807) is 6.08 Å². The molecule has 0 aromatic heterocycles. The number of rotatable bonds is 8. The van der Waals surface area contributed by atoms with Crippen molar-refractivity contribution in [2.75, 3.05) is 6.61 Å². The van der Waals surface area contributed by atoms with Gasteiger partial charge in [-0.3, -0.25) is 0 Å². The number of benzene rings is 1. The van der Waals surface area contributed by atoms with Gasteiger partial charge in [0.2, 0.25) is 0 Å². The first-order valence-corrected chi connectivity index (χ1v) is 12.7. The van der Waals surface area contributed by atoms with Gasteiger partial charge >= 0.3 is 0 Å². The van der Waals surface area contributed by atoms with E-state index in [1.807, 2.05) is 0 Å². The Kier molecular flexibility index (Phi) is 7.74. The second-order valence-corrected chi connectivity index (χ2v) is 10.4. The van der Waals surface area contributed by atoms with Crippen LogP contribution in [0.5, 0.6) is 5.75 Å². The summed E-state index contributed by atoms with van der Waals surface area (Å²) in [5.41, 5.74) is 1.53. The van der Waals surface area contributed by atoms with Crippen molar-refractivity contribution in [2.24, 2.45) is 29.6 Å². The van der Waals surface area contributed by atoms with Crippen molar-refractivity contribution in [3.8, 4) is 5.75 Å². The first-order valence-electron chi connectivity index (χ1n) is 12.7. The van der Waals surface area contributed by atoms with Crippen LogP contribution in [0.2, 0.25) is 0 Å². The van der Waals surface area contributed by atoms with Crippen molar-refractivity contribution in [3.05, 3.63) is 55.1 Å². The Morgan fingerprint density at radius 3 is 2.07 bits per heavy atom. The molecule has 0 bridgehead atoms.